The zero-order valence-corrected chi connectivity index (χ0v) is 7.54. The van der Waals surface area contributed by atoms with Gasteiger partial charge in [0.1, 0.15) is 0 Å². The Balaban J connectivity index is 2.61. The van der Waals surface area contributed by atoms with Crippen LogP contribution in [0.15, 0.2) is 18.3 Å². The molecule has 0 radical (unpaired) electrons. The number of carboxylic acid groups (broad SMARTS) is 1. The average Bonchev–Trinajstić information content (AvgIpc) is 2.14. The predicted molar refractivity (Wildman–Crippen MR) is 42.9 cm³/mol. The number of halogens is 3. The number of carbonyl (C=O) groups excluding carboxylic acids is 1. The second-order valence-electron chi connectivity index (χ2n) is 2.94. The van der Waals surface area contributed by atoms with Crippen molar-refractivity contribution in [3.05, 3.63) is 29.6 Å². The summed E-state index contributed by atoms with van der Waals surface area (Å²) in [6, 6.07) is 2.42. The minimum atomic E-state index is -4.23. The van der Waals surface area contributed by atoms with E-state index in [4.69, 9.17) is 0 Å². The van der Waals surface area contributed by atoms with Crippen LogP contribution in [0.5, 0.6) is 0 Å². The van der Waals surface area contributed by atoms with Crippen molar-refractivity contribution >= 4 is 5.97 Å². The van der Waals surface area contributed by atoms with Crippen LogP contribution in [0.3, 0.4) is 0 Å². The molecule has 6 heteroatoms. The minimum absolute atomic E-state index is 0.147. The fourth-order valence-corrected chi connectivity index (χ4v) is 0.963. The van der Waals surface area contributed by atoms with E-state index < -0.39 is 18.6 Å². The van der Waals surface area contributed by atoms with Gasteiger partial charge in [-0.2, -0.15) is 13.2 Å². The molecule has 0 aliphatic rings. The summed E-state index contributed by atoms with van der Waals surface area (Å²) in [5.74, 6) is -1.40. The van der Waals surface area contributed by atoms with Crippen LogP contribution in [0, 0.1) is 0 Å². The number of nitrogens with zero attached hydrogens (tertiary/aromatic N) is 1. The quantitative estimate of drug-likeness (QED) is 0.758. The van der Waals surface area contributed by atoms with E-state index in [9.17, 15) is 23.1 Å². The molecule has 1 heterocycles. The lowest BCUT2D eigenvalue weighted by atomic mass is 10.2. The van der Waals surface area contributed by atoms with Gasteiger partial charge in [0.15, 0.2) is 0 Å². The smallest absolute Gasteiger partial charge is 0.389 e. The molecule has 0 aliphatic heterocycles. The van der Waals surface area contributed by atoms with Crippen LogP contribution in [0.1, 0.15) is 22.5 Å². The van der Waals surface area contributed by atoms with Gasteiger partial charge >= 0.3 is 6.18 Å². The van der Waals surface area contributed by atoms with E-state index in [1.54, 1.807) is 0 Å². The molecular weight excluding hydrogens is 211 g/mol. The van der Waals surface area contributed by atoms with Gasteiger partial charge in [-0.3, -0.25) is 4.98 Å². The van der Waals surface area contributed by atoms with Gasteiger partial charge in [0.05, 0.1) is 5.97 Å². The molecule has 0 saturated heterocycles. The molecule has 0 amide bonds. The zero-order valence-electron chi connectivity index (χ0n) is 7.54. The third-order valence-corrected chi connectivity index (χ3v) is 1.73. The Hall–Kier alpha value is -1.59. The minimum Gasteiger partial charge on any atom is -0.545 e. The second kappa shape index (κ2) is 4.29. The highest BCUT2D eigenvalue weighted by Crippen LogP contribution is 2.21. The Kier molecular flexibility index (Phi) is 3.28. The maximum Gasteiger partial charge on any atom is 0.389 e. The summed E-state index contributed by atoms with van der Waals surface area (Å²) < 4.78 is 35.5. The molecule has 0 bridgehead atoms. The lowest BCUT2D eigenvalue weighted by Crippen LogP contribution is -2.22. The van der Waals surface area contributed by atoms with Crippen molar-refractivity contribution in [2.24, 2.45) is 0 Å². The Morgan fingerprint density at radius 1 is 1.40 bits per heavy atom. The van der Waals surface area contributed by atoms with Crippen LogP contribution in [0.25, 0.3) is 0 Å². The predicted octanol–water partition coefficient (Wildman–Crippen LogP) is 0.940. The lowest BCUT2D eigenvalue weighted by molar-refractivity contribution is -0.255. The fourth-order valence-electron chi connectivity index (χ4n) is 0.963. The van der Waals surface area contributed by atoms with Crippen molar-refractivity contribution in [2.45, 2.75) is 19.0 Å². The standard InChI is InChI=1S/C9H8F3NO2/c10-9(11,12)4-3-7-2-1-6(5-13-7)8(14)15/h1-2,5H,3-4H2,(H,14,15)/p-1. The van der Waals surface area contributed by atoms with Gasteiger partial charge in [0.25, 0.3) is 0 Å². The molecule has 1 rings (SSSR count). The summed E-state index contributed by atoms with van der Waals surface area (Å²) in [4.78, 5) is 13.9. The van der Waals surface area contributed by atoms with Crippen LogP contribution < -0.4 is 5.11 Å². The molecule has 82 valence electrons. The van der Waals surface area contributed by atoms with E-state index in [-0.39, 0.29) is 17.7 Å². The van der Waals surface area contributed by atoms with Crippen molar-refractivity contribution < 1.29 is 23.1 Å². The molecule has 0 fully saturated rings. The molecule has 15 heavy (non-hydrogen) atoms. The van der Waals surface area contributed by atoms with E-state index in [1.165, 1.54) is 12.1 Å². The molecular formula is C9H7F3NO2-. The van der Waals surface area contributed by atoms with Crippen LogP contribution in [-0.4, -0.2) is 17.1 Å². The Morgan fingerprint density at radius 3 is 2.47 bits per heavy atom. The SMILES string of the molecule is O=C([O-])c1ccc(CCC(F)(F)F)nc1. The Bertz CT molecular complexity index is 345. The largest absolute Gasteiger partial charge is 0.545 e. The summed E-state index contributed by atoms with van der Waals surface area (Å²) >= 11 is 0. The molecule has 3 nitrogen and oxygen atoms in total. The highest BCUT2D eigenvalue weighted by Gasteiger charge is 2.26. The van der Waals surface area contributed by atoms with E-state index in [2.05, 4.69) is 4.98 Å². The van der Waals surface area contributed by atoms with Crippen molar-refractivity contribution in [3.8, 4) is 0 Å². The number of carbonyl (C=O) groups is 1. The number of alkyl halides is 3. The molecule has 0 atom stereocenters. The van der Waals surface area contributed by atoms with Gasteiger partial charge in [-0.05, 0) is 18.6 Å². The molecule has 0 saturated carbocycles. The number of pyridine rings is 1. The molecule has 0 aromatic carbocycles. The van der Waals surface area contributed by atoms with Gasteiger partial charge in [0, 0.05) is 23.9 Å². The van der Waals surface area contributed by atoms with E-state index >= 15 is 0 Å². The Labute approximate surface area is 83.6 Å². The number of carboxylic acids is 1. The van der Waals surface area contributed by atoms with Crippen molar-refractivity contribution in [1.29, 1.82) is 0 Å². The number of hydrogen-bond donors (Lipinski definition) is 0. The van der Waals surface area contributed by atoms with Crippen LogP contribution in [0.2, 0.25) is 0 Å². The van der Waals surface area contributed by atoms with Gasteiger partial charge in [-0.25, -0.2) is 0 Å². The van der Waals surface area contributed by atoms with E-state index in [0.717, 1.165) is 6.20 Å². The summed E-state index contributed by atoms with van der Waals surface area (Å²) in [5, 5.41) is 10.3. The molecule has 0 spiro atoms. The normalized spacial score (nSPS) is 11.4. The molecule has 0 N–H and O–H groups in total. The van der Waals surface area contributed by atoms with Gasteiger partial charge < -0.3 is 9.90 Å². The number of hydrogen-bond acceptors (Lipinski definition) is 3. The highest BCUT2D eigenvalue weighted by molar-refractivity contribution is 5.85. The topological polar surface area (TPSA) is 53.0 Å². The summed E-state index contributed by atoms with van der Waals surface area (Å²) in [6.45, 7) is 0. The monoisotopic (exact) mass is 218 g/mol. The number of aromatic nitrogens is 1. The molecule has 1 aromatic rings. The average molecular weight is 218 g/mol. The maximum atomic E-state index is 11.8. The first kappa shape index (κ1) is 11.5. The third-order valence-electron chi connectivity index (χ3n) is 1.73. The summed E-state index contributed by atoms with van der Waals surface area (Å²) in [7, 11) is 0. The van der Waals surface area contributed by atoms with Crippen molar-refractivity contribution in [1.82, 2.24) is 4.98 Å². The highest BCUT2D eigenvalue weighted by atomic mass is 19.4. The maximum absolute atomic E-state index is 11.8. The molecule has 0 unspecified atom stereocenters. The van der Waals surface area contributed by atoms with Gasteiger partial charge in [-0.1, -0.05) is 0 Å². The van der Waals surface area contributed by atoms with Gasteiger partial charge in [-0.15, -0.1) is 0 Å². The first-order valence-corrected chi connectivity index (χ1v) is 4.11. The second-order valence-corrected chi connectivity index (χ2v) is 2.94. The Morgan fingerprint density at radius 2 is 2.07 bits per heavy atom. The van der Waals surface area contributed by atoms with E-state index in [0.29, 0.717) is 0 Å². The third kappa shape index (κ3) is 3.97. The van der Waals surface area contributed by atoms with Gasteiger partial charge in [0.2, 0.25) is 0 Å². The molecule has 0 aliphatic carbocycles. The van der Waals surface area contributed by atoms with Crippen molar-refractivity contribution in [3.63, 3.8) is 0 Å². The van der Waals surface area contributed by atoms with Crippen LogP contribution in [0.4, 0.5) is 13.2 Å². The van der Waals surface area contributed by atoms with Crippen molar-refractivity contribution in [2.75, 3.05) is 0 Å². The lowest BCUT2D eigenvalue weighted by Gasteiger charge is -2.06. The first-order valence-electron chi connectivity index (χ1n) is 4.11. The zero-order chi connectivity index (χ0) is 11.5. The number of aromatic carboxylic acids is 1. The summed E-state index contributed by atoms with van der Waals surface area (Å²) in [6.07, 6.45) is -4.46. The van der Waals surface area contributed by atoms with Crippen LogP contribution in [-0.2, 0) is 6.42 Å². The van der Waals surface area contributed by atoms with Crippen LogP contribution >= 0.6 is 0 Å². The fraction of sp³-hybridized carbons (Fsp3) is 0.333. The number of rotatable bonds is 3. The summed E-state index contributed by atoms with van der Waals surface area (Å²) in [5.41, 5.74) is 0.0584. The molecule has 1 aromatic heterocycles. The first-order chi connectivity index (χ1) is 6.88. The van der Waals surface area contributed by atoms with E-state index in [1.807, 2.05) is 0 Å². The number of aryl methyl sites for hydroxylation is 1.